The first-order chi connectivity index (χ1) is 9.28. The third-order valence-corrected chi connectivity index (χ3v) is 5.28. The maximum atomic E-state index is 12.1. The summed E-state index contributed by atoms with van der Waals surface area (Å²) >= 11 is 1.80. The molecule has 0 spiro atoms. The number of amides is 1. The molecule has 0 saturated heterocycles. The molecule has 0 saturated carbocycles. The molecule has 20 heavy (non-hydrogen) atoms. The molecule has 0 unspecified atom stereocenters. The van der Waals surface area contributed by atoms with E-state index in [1.54, 1.807) is 11.8 Å². The normalized spacial score (nSPS) is 12.5. The Bertz CT molecular complexity index is 438. The zero-order valence-electron chi connectivity index (χ0n) is 13.3. The molecule has 1 rings (SSSR count). The summed E-state index contributed by atoms with van der Waals surface area (Å²) in [6.45, 7) is 11.0. The van der Waals surface area contributed by atoms with Gasteiger partial charge in [-0.05, 0) is 19.1 Å². The molecule has 1 aromatic rings. The van der Waals surface area contributed by atoms with Crippen molar-refractivity contribution in [3.8, 4) is 0 Å². The number of thioether (sulfide) groups is 1. The van der Waals surface area contributed by atoms with Gasteiger partial charge in [-0.2, -0.15) is 11.8 Å². The Balaban J connectivity index is 2.70. The predicted molar refractivity (Wildman–Crippen MR) is 84.2 cm³/mol. The van der Waals surface area contributed by atoms with Crippen LogP contribution in [-0.4, -0.2) is 38.6 Å². The van der Waals surface area contributed by atoms with Gasteiger partial charge in [0.15, 0.2) is 0 Å². The Kier molecular flexibility index (Phi) is 5.62. The highest BCUT2D eigenvalue weighted by atomic mass is 32.2. The minimum atomic E-state index is -0.211. The third kappa shape index (κ3) is 3.98. The number of hydrogen-bond donors (Lipinski definition) is 2. The molecule has 1 aromatic heterocycles. The predicted octanol–water partition coefficient (Wildman–Crippen LogP) is 2.75. The number of hydrogen-bond acceptors (Lipinski definition) is 4. The highest BCUT2D eigenvalue weighted by Crippen LogP contribution is 2.29. The molecule has 0 aliphatic rings. The molecule has 0 bridgehead atoms. The summed E-state index contributed by atoms with van der Waals surface area (Å²) in [6, 6.07) is 0. The monoisotopic (exact) mass is 298 g/mol. The Hall–Kier alpha value is -1.04. The fourth-order valence-electron chi connectivity index (χ4n) is 1.88. The van der Waals surface area contributed by atoms with Crippen LogP contribution in [0.15, 0.2) is 0 Å². The molecule has 1 amide bonds. The largest absolute Gasteiger partial charge is 0.348 e. The maximum absolute atomic E-state index is 12.1. The molecular weight excluding hydrogens is 272 g/mol. The molecule has 2 N–H and O–H groups in total. The Morgan fingerprint density at radius 2 is 1.90 bits per heavy atom. The molecule has 0 atom stereocenters. The minimum absolute atomic E-state index is 0.0961. The molecule has 6 heteroatoms. The van der Waals surface area contributed by atoms with Gasteiger partial charge in [-0.1, -0.05) is 34.6 Å². The van der Waals surface area contributed by atoms with Crippen LogP contribution in [0, 0.1) is 0 Å². The van der Waals surface area contributed by atoms with Crippen molar-refractivity contribution in [2.24, 2.45) is 0 Å². The van der Waals surface area contributed by atoms with Gasteiger partial charge in [0, 0.05) is 16.7 Å². The maximum Gasteiger partial charge on any atom is 0.291 e. The molecule has 5 nitrogen and oxygen atoms in total. The van der Waals surface area contributed by atoms with Crippen molar-refractivity contribution >= 4 is 17.7 Å². The van der Waals surface area contributed by atoms with E-state index in [1.165, 1.54) is 0 Å². The molecule has 114 valence electrons. The van der Waals surface area contributed by atoms with Gasteiger partial charge in [0.05, 0.1) is 0 Å². The van der Waals surface area contributed by atoms with Crippen molar-refractivity contribution in [2.75, 3.05) is 12.8 Å². The second kappa shape index (κ2) is 6.61. The Labute approximate surface area is 125 Å². The van der Waals surface area contributed by atoms with Crippen LogP contribution in [-0.2, 0) is 5.41 Å². The summed E-state index contributed by atoms with van der Waals surface area (Å²) in [5, 5.41) is 9.80. The van der Waals surface area contributed by atoms with Crippen molar-refractivity contribution in [3.63, 3.8) is 0 Å². The van der Waals surface area contributed by atoms with E-state index in [0.717, 1.165) is 18.7 Å². The van der Waals surface area contributed by atoms with Crippen LogP contribution in [0.5, 0.6) is 0 Å². The summed E-state index contributed by atoms with van der Waals surface area (Å²) in [7, 11) is 0. The van der Waals surface area contributed by atoms with Crippen LogP contribution in [0.3, 0.4) is 0 Å². The summed E-state index contributed by atoms with van der Waals surface area (Å²) in [4.78, 5) is 16.4. The number of carbonyl (C=O) groups is 1. The number of carbonyl (C=O) groups excluding carboxylic acids is 1. The third-order valence-electron chi connectivity index (χ3n) is 3.69. The highest BCUT2D eigenvalue weighted by Gasteiger charge is 2.27. The molecule has 0 aliphatic heterocycles. The van der Waals surface area contributed by atoms with Crippen LogP contribution < -0.4 is 5.32 Å². The quantitative estimate of drug-likeness (QED) is 0.847. The second-order valence-corrected chi connectivity index (χ2v) is 7.31. The number of nitrogens with zero attached hydrogens (tertiary/aromatic N) is 2. The number of aromatic nitrogens is 3. The van der Waals surface area contributed by atoms with E-state index < -0.39 is 0 Å². The first-order valence-corrected chi connectivity index (χ1v) is 8.26. The van der Waals surface area contributed by atoms with Crippen LogP contribution in [0.1, 0.15) is 63.9 Å². The van der Waals surface area contributed by atoms with Crippen LogP contribution in [0.2, 0.25) is 0 Å². The first-order valence-electron chi connectivity index (χ1n) is 7.04. The summed E-state index contributed by atoms with van der Waals surface area (Å²) in [6.07, 6.45) is 4.13. The van der Waals surface area contributed by atoms with Gasteiger partial charge in [-0.3, -0.25) is 9.89 Å². The van der Waals surface area contributed by atoms with Gasteiger partial charge in [-0.25, -0.2) is 4.98 Å². The molecular formula is C14H26N4OS. The van der Waals surface area contributed by atoms with Crippen molar-refractivity contribution in [1.29, 1.82) is 0 Å². The molecule has 0 radical (unpaired) electrons. The number of H-pyrrole nitrogens is 1. The number of aromatic amines is 1. The van der Waals surface area contributed by atoms with E-state index in [4.69, 9.17) is 0 Å². The van der Waals surface area contributed by atoms with Crippen molar-refractivity contribution < 1.29 is 4.79 Å². The van der Waals surface area contributed by atoms with Crippen LogP contribution in [0.25, 0.3) is 0 Å². The Morgan fingerprint density at radius 1 is 1.30 bits per heavy atom. The number of nitrogens with one attached hydrogen (secondary N) is 2. The van der Waals surface area contributed by atoms with Gasteiger partial charge in [0.25, 0.3) is 5.91 Å². The molecule has 0 aromatic carbocycles. The average molecular weight is 298 g/mol. The lowest BCUT2D eigenvalue weighted by Gasteiger charge is -2.29. The van der Waals surface area contributed by atoms with Gasteiger partial charge in [-0.15, -0.1) is 5.10 Å². The van der Waals surface area contributed by atoms with E-state index in [2.05, 4.69) is 40.6 Å². The topological polar surface area (TPSA) is 70.7 Å². The SMILES string of the molecule is CCC(CC)(CNC(=O)c1n[nH]c(C(C)(C)C)n1)SC. The zero-order valence-corrected chi connectivity index (χ0v) is 14.1. The van der Waals surface area contributed by atoms with Gasteiger partial charge in [0.1, 0.15) is 5.82 Å². The van der Waals surface area contributed by atoms with Crippen molar-refractivity contribution in [2.45, 2.75) is 57.6 Å². The average Bonchev–Trinajstić information content (AvgIpc) is 2.90. The van der Waals surface area contributed by atoms with Crippen molar-refractivity contribution in [3.05, 3.63) is 11.6 Å². The van der Waals surface area contributed by atoms with E-state index in [0.29, 0.717) is 6.54 Å². The lowest BCUT2D eigenvalue weighted by atomic mass is 9.96. The number of rotatable bonds is 6. The summed E-state index contributed by atoms with van der Waals surface area (Å²) < 4.78 is 0.0961. The second-order valence-electron chi connectivity index (χ2n) is 6.03. The van der Waals surface area contributed by atoms with Crippen molar-refractivity contribution in [1.82, 2.24) is 20.5 Å². The highest BCUT2D eigenvalue weighted by molar-refractivity contribution is 8.00. The first kappa shape index (κ1) is 17.0. The molecule has 1 heterocycles. The summed E-state index contributed by atoms with van der Waals surface area (Å²) in [5.41, 5.74) is -0.138. The molecule has 0 aliphatic carbocycles. The zero-order chi connectivity index (χ0) is 15.4. The fraction of sp³-hybridized carbons (Fsp3) is 0.786. The van der Waals surface area contributed by atoms with E-state index in [-0.39, 0.29) is 21.9 Å². The van der Waals surface area contributed by atoms with Crippen LogP contribution >= 0.6 is 11.8 Å². The van der Waals surface area contributed by atoms with Gasteiger partial charge in [0.2, 0.25) is 5.82 Å². The van der Waals surface area contributed by atoms with Gasteiger partial charge < -0.3 is 5.32 Å². The smallest absolute Gasteiger partial charge is 0.291 e. The van der Waals surface area contributed by atoms with E-state index in [1.807, 2.05) is 20.8 Å². The van der Waals surface area contributed by atoms with Gasteiger partial charge >= 0.3 is 0 Å². The minimum Gasteiger partial charge on any atom is -0.348 e. The van der Waals surface area contributed by atoms with Crippen LogP contribution in [0.4, 0.5) is 0 Å². The lowest BCUT2D eigenvalue weighted by Crippen LogP contribution is -2.40. The molecule has 0 fully saturated rings. The van der Waals surface area contributed by atoms with E-state index in [9.17, 15) is 4.79 Å². The van der Waals surface area contributed by atoms with E-state index >= 15 is 0 Å². The fourth-order valence-corrected chi connectivity index (χ4v) is 2.67. The Morgan fingerprint density at radius 3 is 2.30 bits per heavy atom. The lowest BCUT2D eigenvalue weighted by molar-refractivity contribution is 0.0939. The summed E-state index contributed by atoms with van der Waals surface area (Å²) in [5.74, 6) is 0.735. The standard InChI is InChI=1S/C14H26N4OS/c1-7-14(8-2,20-6)9-15-11(19)10-16-12(18-17-10)13(3,4)5/h7-9H2,1-6H3,(H,15,19)(H,16,17,18).